The minimum absolute atomic E-state index is 0.0136. The predicted molar refractivity (Wildman–Crippen MR) is 65.9 cm³/mol. The summed E-state index contributed by atoms with van der Waals surface area (Å²) in [6.07, 6.45) is 2.83. The maximum Gasteiger partial charge on any atom is 0.182 e. The molecule has 2 rings (SSSR count). The molecular weight excluding hydrogens is 274 g/mol. The summed E-state index contributed by atoms with van der Waals surface area (Å²) >= 11 is 5.59. The van der Waals surface area contributed by atoms with E-state index in [1.807, 2.05) is 0 Å². The van der Waals surface area contributed by atoms with Crippen molar-refractivity contribution in [1.82, 2.24) is 19.9 Å². The Hall–Kier alpha value is -1.69. The third-order valence-corrected chi connectivity index (χ3v) is 3.08. The zero-order chi connectivity index (χ0) is 14.0. The summed E-state index contributed by atoms with van der Waals surface area (Å²) in [5.41, 5.74) is 0.401. The standard InChI is InChI=1S/C12H11ClF2N4/c1-3-7-8(14)10(17-4-16-7)6(2)11-9(15)12(13)19-5-18-11/h4-6H,3H2,1-2H3. The van der Waals surface area contributed by atoms with Gasteiger partial charge in [-0.1, -0.05) is 25.4 Å². The van der Waals surface area contributed by atoms with Gasteiger partial charge in [0, 0.05) is 5.92 Å². The Balaban J connectivity index is 2.50. The smallest absolute Gasteiger partial charge is 0.182 e. The van der Waals surface area contributed by atoms with Gasteiger partial charge in [0.05, 0.1) is 17.1 Å². The first kappa shape index (κ1) is 13.7. The molecule has 1 unspecified atom stereocenters. The Labute approximate surface area is 113 Å². The minimum atomic E-state index is -0.757. The van der Waals surface area contributed by atoms with Crippen LogP contribution in [0.3, 0.4) is 0 Å². The maximum absolute atomic E-state index is 14.1. The normalized spacial score (nSPS) is 12.5. The van der Waals surface area contributed by atoms with E-state index in [-0.39, 0.29) is 22.2 Å². The van der Waals surface area contributed by atoms with E-state index in [1.165, 1.54) is 6.33 Å². The van der Waals surface area contributed by atoms with Crippen molar-refractivity contribution in [2.45, 2.75) is 26.2 Å². The molecule has 2 aromatic heterocycles. The van der Waals surface area contributed by atoms with Crippen molar-refractivity contribution < 1.29 is 8.78 Å². The number of hydrogen-bond acceptors (Lipinski definition) is 4. The van der Waals surface area contributed by atoms with Crippen LogP contribution in [0.25, 0.3) is 0 Å². The third-order valence-electron chi connectivity index (χ3n) is 2.82. The molecule has 19 heavy (non-hydrogen) atoms. The number of hydrogen-bond donors (Lipinski definition) is 0. The molecule has 0 saturated heterocycles. The summed E-state index contributed by atoms with van der Waals surface area (Å²) in [5, 5.41) is -0.290. The average molecular weight is 285 g/mol. The Morgan fingerprint density at radius 1 is 1.05 bits per heavy atom. The van der Waals surface area contributed by atoms with Crippen LogP contribution in [0.1, 0.15) is 36.8 Å². The molecule has 0 aliphatic heterocycles. The molecule has 7 heteroatoms. The van der Waals surface area contributed by atoms with Crippen LogP contribution >= 0.6 is 11.6 Å². The van der Waals surface area contributed by atoms with Crippen molar-refractivity contribution in [2.24, 2.45) is 0 Å². The lowest BCUT2D eigenvalue weighted by Gasteiger charge is -2.13. The van der Waals surface area contributed by atoms with Gasteiger partial charge in [-0.15, -0.1) is 0 Å². The van der Waals surface area contributed by atoms with Crippen LogP contribution in [0.5, 0.6) is 0 Å². The second-order valence-electron chi connectivity index (χ2n) is 3.96. The van der Waals surface area contributed by atoms with Gasteiger partial charge in [0.2, 0.25) is 0 Å². The van der Waals surface area contributed by atoms with Crippen molar-refractivity contribution in [2.75, 3.05) is 0 Å². The number of aromatic nitrogens is 4. The fraction of sp³-hybridized carbons (Fsp3) is 0.333. The van der Waals surface area contributed by atoms with Crippen molar-refractivity contribution in [3.05, 3.63) is 46.5 Å². The first-order valence-electron chi connectivity index (χ1n) is 5.71. The van der Waals surface area contributed by atoms with E-state index in [1.54, 1.807) is 13.8 Å². The summed E-state index contributed by atoms with van der Waals surface area (Å²) in [6, 6.07) is 0. The minimum Gasteiger partial charge on any atom is -0.238 e. The number of rotatable bonds is 3. The predicted octanol–water partition coefficient (Wildman–Crippen LogP) is 2.91. The SMILES string of the molecule is CCc1ncnc(C(C)c2ncnc(Cl)c2F)c1F. The molecule has 0 amide bonds. The van der Waals surface area contributed by atoms with E-state index in [9.17, 15) is 8.78 Å². The highest BCUT2D eigenvalue weighted by molar-refractivity contribution is 6.29. The quantitative estimate of drug-likeness (QED) is 0.813. The van der Waals surface area contributed by atoms with Crippen molar-refractivity contribution in [1.29, 1.82) is 0 Å². The van der Waals surface area contributed by atoms with Crippen LogP contribution in [0, 0.1) is 11.6 Å². The summed E-state index contributed by atoms with van der Waals surface area (Å²) < 4.78 is 27.9. The summed E-state index contributed by atoms with van der Waals surface area (Å²) in [7, 11) is 0. The van der Waals surface area contributed by atoms with Gasteiger partial charge in [0.15, 0.2) is 16.8 Å². The van der Waals surface area contributed by atoms with Gasteiger partial charge in [0.1, 0.15) is 12.7 Å². The lowest BCUT2D eigenvalue weighted by molar-refractivity contribution is 0.543. The second kappa shape index (κ2) is 5.52. The molecule has 0 N–H and O–H groups in total. The first-order valence-corrected chi connectivity index (χ1v) is 6.09. The number of aryl methyl sites for hydroxylation is 1. The van der Waals surface area contributed by atoms with E-state index in [2.05, 4.69) is 19.9 Å². The van der Waals surface area contributed by atoms with Gasteiger partial charge >= 0.3 is 0 Å². The largest absolute Gasteiger partial charge is 0.238 e. The molecule has 100 valence electrons. The van der Waals surface area contributed by atoms with Gasteiger partial charge in [-0.3, -0.25) is 0 Å². The van der Waals surface area contributed by atoms with Crippen LogP contribution < -0.4 is 0 Å². The van der Waals surface area contributed by atoms with Gasteiger partial charge in [0.25, 0.3) is 0 Å². The van der Waals surface area contributed by atoms with E-state index in [4.69, 9.17) is 11.6 Å². The zero-order valence-corrected chi connectivity index (χ0v) is 11.1. The molecule has 4 nitrogen and oxygen atoms in total. The zero-order valence-electron chi connectivity index (χ0n) is 10.4. The van der Waals surface area contributed by atoms with Gasteiger partial charge in [-0.25, -0.2) is 28.7 Å². The monoisotopic (exact) mass is 284 g/mol. The Morgan fingerprint density at radius 3 is 2.26 bits per heavy atom. The maximum atomic E-state index is 14.1. The van der Waals surface area contributed by atoms with Crippen LogP contribution in [-0.2, 0) is 6.42 Å². The first-order chi connectivity index (χ1) is 9.06. The molecule has 1 atom stereocenters. The Kier molecular flexibility index (Phi) is 3.99. The van der Waals surface area contributed by atoms with Crippen LogP contribution in [-0.4, -0.2) is 19.9 Å². The highest BCUT2D eigenvalue weighted by Gasteiger charge is 2.23. The molecule has 0 fully saturated rings. The third kappa shape index (κ3) is 2.53. The molecule has 0 aliphatic carbocycles. The molecule has 0 spiro atoms. The molecule has 2 aromatic rings. The number of nitrogens with zero attached hydrogens (tertiary/aromatic N) is 4. The van der Waals surface area contributed by atoms with Crippen LogP contribution in [0.4, 0.5) is 8.78 Å². The summed E-state index contributed by atoms with van der Waals surface area (Å²) in [4.78, 5) is 15.1. The van der Waals surface area contributed by atoms with E-state index < -0.39 is 17.6 Å². The van der Waals surface area contributed by atoms with E-state index >= 15 is 0 Å². The molecule has 0 aromatic carbocycles. The van der Waals surface area contributed by atoms with Gasteiger partial charge in [-0.2, -0.15) is 0 Å². The van der Waals surface area contributed by atoms with Gasteiger partial charge in [-0.05, 0) is 6.42 Å². The number of halogens is 3. The molecule has 0 bridgehead atoms. The van der Waals surface area contributed by atoms with Crippen LogP contribution in [0.2, 0.25) is 5.15 Å². The summed E-state index contributed by atoms with van der Waals surface area (Å²) in [5.74, 6) is -1.96. The van der Waals surface area contributed by atoms with Crippen LogP contribution in [0.15, 0.2) is 12.7 Å². The average Bonchev–Trinajstić information content (AvgIpc) is 2.41. The Morgan fingerprint density at radius 2 is 1.63 bits per heavy atom. The van der Waals surface area contributed by atoms with E-state index in [0.717, 1.165) is 6.33 Å². The highest BCUT2D eigenvalue weighted by atomic mass is 35.5. The molecule has 0 radical (unpaired) electrons. The van der Waals surface area contributed by atoms with Crippen molar-refractivity contribution in [3.63, 3.8) is 0 Å². The Bertz CT molecular complexity index is 606. The fourth-order valence-electron chi connectivity index (χ4n) is 1.76. The molecule has 0 saturated carbocycles. The van der Waals surface area contributed by atoms with Crippen molar-refractivity contribution in [3.8, 4) is 0 Å². The topological polar surface area (TPSA) is 51.6 Å². The highest BCUT2D eigenvalue weighted by Crippen LogP contribution is 2.27. The summed E-state index contributed by atoms with van der Waals surface area (Å²) in [6.45, 7) is 3.38. The lowest BCUT2D eigenvalue weighted by atomic mass is 10.0. The fourth-order valence-corrected chi connectivity index (χ4v) is 1.90. The second-order valence-corrected chi connectivity index (χ2v) is 4.32. The molecule has 2 heterocycles. The van der Waals surface area contributed by atoms with Gasteiger partial charge < -0.3 is 0 Å². The lowest BCUT2D eigenvalue weighted by Crippen LogP contribution is -2.10. The van der Waals surface area contributed by atoms with E-state index in [0.29, 0.717) is 6.42 Å². The molecule has 0 aliphatic rings. The van der Waals surface area contributed by atoms with Crippen molar-refractivity contribution >= 4 is 11.6 Å². The molecular formula is C12H11ClF2N4.